The maximum atomic E-state index is 13.4. The quantitative estimate of drug-likeness (QED) is 0.477. The molecule has 2 heterocycles. The van der Waals surface area contributed by atoms with E-state index >= 15 is 0 Å². The molecule has 1 unspecified atom stereocenters. The molecule has 2 atom stereocenters. The number of alkyl halides is 5. The molecule has 1 aliphatic heterocycles. The summed E-state index contributed by atoms with van der Waals surface area (Å²) >= 11 is 5.90. The monoisotopic (exact) mass is 437 g/mol. The summed E-state index contributed by atoms with van der Waals surface area (Å²) in [6.45, 7) is 0.962. The number of aromatic nitrogens is 1. The molecule has 3 rings (SSSR count). The third kappa shape index (κ3) is 5.09. The first-order valence-electron chi connectivity index (χ1n) is 9.15. The summed E-state index contributed by atoms with van der Waals surface area (Å²) in [4.78, 5) is 4.95. The molecule has 0 radical (unpaired) electrons. The SMILES string of the molecule is CC(N1C(=N)C=C(NC2CCC(F)(F)CC2)N[C@@H]1c1cccc(Cl)n1)C(F)(F)F. The predicted octanol–water partition coefficient (Wildman–Crippen LogP) is 4.58. The number of nitrogens with one attached hydrogen (secondary N) is 3. The number of amidine groups is 1. The van der Waals surface area contributed by atoms with Gasteiger partial charge in [-0.05, 0) is 31.9 Å². The van der Waals surface area contributed by atoms with Crippen LogP contribution in [0.1, 0.15) is 44.5 Å². The second-order valence-corrected chi connectivity index (χ2v) is 7.66. The van der Waals surface area contributed by atoms with Crippen LogP contribution in [0.4, 0.5) is 22.0 Å². The molecule has 11 heteroatoms. The van der Waals surface area contributed by atoms with Gasteiger partial charge in [-0.15, -0.1) is 0 Å². The highest BCUT2D eigenvalue weighted by atomic mass is 35.5. The van der Waals surface area contributed by atoms with Crippen LogP contribution in [0.2, 0.25) is 5.15 Å². The summed E-state index contributed by atoms with van der Waals surface area (Å²) in [6.07, 6.45) is -4.51. The molecule has 29 heavy (non-hydrogen) atoms. The second-order valence-electron chi connectivity index (χ2n) is 7.27. The molecular formula is C18H21ClF5N5. The van der Waals surface area contributed by atoms with E-state index in [1.54, 1.807) is 6.07 Å². The molecule has 1 aromatic rings. The number of halogens is 6. The molecule has 2 aliphatic rings. The van der Waals surface area contributed by atoms with Gasteiger partial charge in [0.25, 0.3) is 0 Å². The van der Waals surface area contributed by atoms with Crippen molar-refractivity contribution in [1.29, 1.82) is 5.41 Å². The first-order valence-corrected chi connectivity index (χ1v) is 9.53. The smallest absolute Gasteiger partial charge is 0.369 e. The molecule has 1 saturated carbocycles. The topological polar surface area (TPSA) is 64.0 Å². The van der Waals surface area contributed by atoms with Gasteiger partial charge in [0.1, 0.15) is 29.0 Å². The Morgan fingerprint density at radius 2 is 1.97 bits per heavy atom. The first-order chi connectivity index (χ1) is 13.5. The van der Waals surface area contributed by atoms with Gasteiger partial charge < -0.3 is 15.5 Å². The molecule has 1 aliphatic carbocycles. The predicted molar refractivity (Wildman–Crippen MR) is 98.6 cm³/mol. The molecule has 3 N–H and O–H groups in total. The van der Waals surface area contributed by atoms with Gasteiger partial charge in [-0.3, -0.25) is 5.41 Å². The Hall–Kier alpha value is -2.10. The van der Waals surface area contributed by atoms with E-state index in [1.807, 2.05) is 0 Å². The highest BCUT2D eigenvalue weighted by Gasteiger charge is 2.46. The number of rotatable bonds is 4. The highest BCUT2D eigenvalue weighted by Crippen LogP contribution is 2.35. The first kappa shape index (κ1) is 21.6. The Morgan fingerprint density at radius 1 is 1.31 bits per heavy atom. The van der Waals surface area contributed by atoms with Crippen LogP contribution >= 0.6 is 11.6 Å². The van der Waals surface area contributed by atoms with Crippen molar-refractivity contribution < 1.29 is 22.0 Å². The van der Waals surface area contributed by atoms with Gasteiger partial charge in [-0.1, -0.05) is 17.7 Å². The maximum Gasteiger partial charge on any atom is 0.408 e. The summed E-state index contributed by atoms with van der Waals surface area (Å²) in [5, 5.41) is 14.3. The van der Waals surface area contributed by atoms with Crippen molar-refractivity contribution in [3.63, 3.8) is 0 Å². The zero-order chi connectivity index (χ0) is 21.4. The van der Waals surface area contributed by atoms with Crippen LogP contribution in [0.3, 0.4) is 0 Å². The maximum absolute atomic E-state index is 13.4. The van der Waals surface area contributed by atoms with Crippen molar-refractivity contribution in [3.05, 3.63) is 40.9 Å². The van der Waals surface area contributed by atoms with E-state index in [0.29, 0.717) is 5.82 Å². The lowest BCUT2D eigenvalue weighted by atomic mass is 9.92. The van der Waals surface area contributed by atoms with Crippen LogP contribution in [-0.2, 0) is 0 Å². The van der Waals surface area contributed by atoms with E-state index in [-0.39, 0.29) is 48.4 Å². The lowest BCUT2D eigenvalue weighted by molar-refractivity contribution is -0.175. The average Bonchev–Trinajstić information content (AvgIpc) is 2.62. The van der Waals surface area contributed by atoms with Gasteiger partial charge in [-0.25, -0.2) is 13.8 Å². The van der Waals surface area contributed by atoms with Crippen LogP contribution in [-0.4, -0.2) is 39.9 Å². The lowest BCUT2D eigenvalue weighted by Crippen LogP contribution is -2.56. The van der Waals surface area contributed by atoms with Crippen molar-refractivity contribution >= 4 is 17.4 Å². The largest absolute Gasteiger partial charge is 0.408 e. The Morgan fingerprint density at radius 3 is 2.55 bits per heavy atom. The summed E-state index contributed by atoms with van der Waals surface area (Å²) < 4.78 is 66.9. The Bertz CT molecular complexity index is 787. The minimum atomic E-state index is -4.57. The molecule has 5 nitrogen and oxygen atoms in total. The average molecular weight is 438 g/mol. The van der Waals surface area contributed by atoms with Gasteiger partial charge in [0, 0.05) is 25.0 Å². The molecule has 0 spiro atoms. The van der Waals surface area contributed by atoms with Gasteiger partial charge in [0.05, 0.1) is 5.69 Å². The lowest BCUT2D eigenvalue weighted by Gasteiger charge is -2.43. The molecule has 0 saturated heterocycles. The number of hydrogen-bond acceptors (Lipinski definition) is 4. The molecule has 1 aromatic heterocycles. The minimum Gasteiger partial charge on any atom is -0.369 e. The van der Waals surface area contributed by atoms with Crippen LogP contribution in [0.25, 0.3) is 0 Å². The van der Waals surface area contributed by atoms with Crippen LogP contribution in [0.5, 0.6) is 0 Å². The third-order valence-corrected chi connectivity index (χ3v) is 5.32. The van der Waals surface area contributed by atoms with E-state index in [2.05, 4.69) is 15.6 Å². The number of pyridine rings is 1. The van der Waals surface area contributed by atoms with Gasteiger partial charge >= 0.3 is 6.18 Å². The summed E-state index contributed by atoms with van der Waals surface area (Å²) in [5.41, 5.74) is 0.209. The van der Waals surface area contributed by atoms with Crippen LogP contribution in [0, 0.1) is 5.41 Å². The van der Waals surface area contributed by atoms with Gasteiger partial charge in [0.15, 0.2) is 0 Å². The Labute approximate surface area is 169 Å². The molecule has 1 fully saturated rings. The van der Waals surface area contributed by atoms with Crippen molar-refractivity contribution in [3.8, 4) is 0 Å². The minimum absolute atomic E-state index is 0.106. The zero-order valence-corrected chi connectivity index (χ0v) is 16.3. The summed E-state index contributed by atoms with van der Waals surface area (Å²) in [5.74, 6) is -2.77. The highest BCUT2D eigenvalue weighted by molar-refractivity contribution is 6.29. The molecular weight excluding hydrogens is 417 g/mol. The fraction of sp³-hybridized carbons (Fsp3) is 0.556. The van der Waals surface area contributed by atoms with Crippen molar-refractivity contribution in [1.82, 2.24) is 20.5 Å². The molecule has 160 valence electrons. The fourth-order valence-corrected chi connectivity index (χ4v) is 3.65. The van der Waals surface area contributed by atoms with Crippen LogP contribution < -0.4 is 10.6 Å². The number of hydrogen-bond donors (Lipinski definition) is 3. The second kappa shape index (κ2) is 7.97. The third-order valence-electron chi connectivity index (χ3n) is 5.11. The normalized spacial score (nSPS) is 24.0. The van der Waals surface area contributed by atoms with Crippen LogP contribution in [0.15, 0.2) is 30.1 Å². The van der Waals surface area contributed by atoms with Crippen molar-refractivity contribution in [2.24, 2.45) is 0 Å². The molecule has 0 aromatic carbocycles. The van der Waals surface area contributed by atoms with E-state index in [1.165, 1.54) is 18.2 Å². The number of nitrogens with zero attached hydrogens (tertiary/aromatic N) is 2. The Kier molecular flexibility index (Phi) is 5.93. The van der Waals surface area contributed by atoms with E-state index in [9.17, 15) is 22.0 Å². The van der Waals surface area contributed by atoms with E-state index < -0.39 is 24.3 Å². The summed E-state index contributed by atoms with van der Waals surface area (Å²) in [7, 11) is 0. The Balaban J connectivity index is 1.85. The van der Waals surface area contributed by atoms with Crippen molar-refractivity contribution in [2.45, 2.75) is 63.0 Å². The summed E-state index contributed by atoms with van der Waals surface area (Å²) in [6, 6.07) is 2.34. The molecule has 0 bridgehead atoms. The van der Waals surface area contributed by atoms with E-state index in [4.69, 9.17) is 17.0 Å². The fourth-order valence-electron chi connectivity index (χ4n) is 3.48. The van der Waals surface area contributed by atoms with Crippen molar-refractivity contribution in [2.75, 3.05) is 0 Å². The van der Waals surface area contributed by atoms with Gasteiger partial charge in [-0.2, -0.15) is 13.2 Å². The zero-order valence-electron chi connectivity index (χ0n) is 15.5. The standard InChI is InChI=1S/C18H21ClF5N5/c1-10(18(22,23)24)29-14(25)9-15(26-11-5-7-17(20,21)8-6-11)28-16(29)12-3-2-4-13(19)27-12/h2-4,9-11,16,25-26,28H,5-8H2,1H3/t10?,16-/m0/s1. The van der Waals surface area contributed by atoms with Gasteiger partial charge in [0.2, 0.25) is 5.92 Å². The van der Waals surface area contributed by atoms with E-state index in [0.717, 1.165) is 11.8 Å². The molecule has 0 amide bonds.